The van der Waals surface area contributed by atoms with Crippen molar-refractivity contribution in [3.63, 3.8) is 0 Å². The van der Waals surface area contributed by atoms with E-state index in [1.54, 1.807) is 4.90 Å². The number of phenols is 1. The molecule has 0 bridgehead atoms. The molecule has 0 unspecified atom stereocenters. The predicted molar refractivity (Wildman–Crippen MR) is 75.2 cm³/mol. The van der Waals surface area contributed by atoms with Crippen LogP contribution in [0.2, 0.25) is 5.02 Å². The van der Waals surface area contributed by atoms with Crippen LogP contribution >= 0.6 is 27.5 Å². The van der Waals surface area contributed by atoms with Crippen molar-refractivity contribution in [3.05, 3.63) is 21.6 Å². The molecule has 5 nitrogen and oxygen atoms in total. The normalized spacial score (nSPS) is 15.0. The van der Waals surface area contributed by atoms with Crippen LogP contribution in [0.25, 0.3) is 0 Å². The highest BCUT2D eigenvalue weighted by Gasteiger charge is 2.34. The summed E-state index contributed by atoms with van der Waals surface area (Å²) in [5.74, 6) is -0.596. The van der Waals surface area contributed by atoms with Gasteiger partial charge in [-0.3, -0.25) is 9.59 Å². The first-order valence-corrected chi connectivity index (χ1v) is 6.80. The first-order valence-electron chi connectivity index (χ1n) is 5.63. The van der Waals surface area contributed by atoms with Crippen LogP contribution < -0.4 is 5.32 Å². The number of benzene rings is 1. The summed E-state index contributed by atoms with van der Waals surface area (Å²) in [5.41, 5.74) is 0.255. The number of rotatable bonds is 2. The lowest BCUT2D eigenvalue weighted by Gasteiger charge is -2.37. The Morgan fingerprint density at radius 2 is 2.11 bits per heavy atom. The van der Waals surface area contributed by atoms with Crippen molar-refractivity contribution in [1.29, 1.82) is 0 Å². The van der Waals surface area contributed by atoms with Crippen molar-refractivity contribution in [2.75, 3.05) is 18.4 Å². The maximum absolute atomic E-state index is 11.9. The fraction of sp³-hybridized carbons (Fsp3) is 0.333. The molecule has 1 aliphatic heterocycles. The van der Waals surface area contributed by atoms with Crippen LogP contribution in [-0.2, 0) is 9.59 Å². The van der Waals surface area contributed by atoms with Gasteiger partial charge in [-0.15, -0.1) is 0 Å². The van der Waals surface area contributed by atoms with Gasteiger partial charge in [-0.2, -0.15) is 0 Å². The lowest BCUT2D eigenvalue weighted by atomic mass is 9.99. The van der Waals surface area contributed by atoms with Gasteiger partial charge in [0.1, 0.15) is 0 Å². The highest BCUT2D eigenvalue weighted by molar-refractivity contribution is 9.10. The van der Waals surface area contributed by atoms with Gasteiger partial charge in [-0.05, 0) is 28.1 Å². The first kappa shape index (κ1) is 14.1. The zero-order chi connectivity index (χ0) is 14.2. The number of anilines is 1. The monoisotopic (exact) mass is 346 g/mol. The van der Waals surface area contributed by atoms with Gasteiger partial charge in [0, 0.05) is 25.0 Å². The number of likely N-dealkylation sites (tertiary alicyclic amines) is 1. The predicted octanol–water partition coefficient (Wildman–Crippen LogP) is 2.22. The van der Waals surface area contributed by atoms with Crippen LogP contribution in [0, 0.1) is 5.92 Å². The molecule has 1 heterocycles. The molecule has 0 atom stereocenters. The summed E-state index contributed by atoms with van der Waals surface area (Å²) >= 11 is 9.00. The van der Waals surface area contributed by atoms with E-state index in [-0.39, 0.29) is 29.2 Å². The SMILES string of the molecule is CC(=O)N1CC(C(=O)Nc2cc(Cl)cc(Br)c2O)C1. The van der Waals surface area contributed by atoms with E-state index >= 15 is 0 Å². The van der Waals surface area contributed by atoms with Crippen LogP contribution in [-0.4, -0.2) is 34.9 Å². The van der Waals surface area contributed by atoms with Gasteiger partial charge in [0.15, 0.2) is 5.75 Å². The van der Waals surface area contributed by atoms with Crippen molar-refractivity contribution >= 4 is 45.0 Å². The number of carbonyl (C=O) groups excluding carboxylic acids is 2. The molecule has 1 aromatic carbocycles. The quantitative estimate of drug-likeness (QED) is 0.806. The molecular weight excluding hydrogens is 336 g/mol. The van der Waals surface area contributed by atoms with Crippen molar-refractivity contribution in [1.82, 2.24) is 4.90 Å². The Morgan fingerprint density at radius 1 is 1.47 bits per heavy atom. The zero-order valence-electron chi connectivity index (χ0n) is 10.1. The number of nitrogens with one attached hydrogen (secondary N) is 1. The summed E-state index contributed by atoms with van der Waals surface area (Å²) < 4.78 is 0.411. The molecule has 0 radical (unpaired) electrons. The molecule has 0 aromatic heterocycles. The number of carbonyl (C=O) groups is 2. The summed E-state index contributed by atoms with van der Waals surface area (Å²) in [6, 6.07) is 3.01. The molecule has 19 heavy (non-hydrogen) atoms. The lowest BCUT2D eigenvalue weighted by molar-refractivity contribution is -0.139. The molecule has 1 fully saturated rings. The molecule has 2 amide bonds. The fourth-order valence-electron chi connectivity index (χ4n) is 1.80. The van der Waals surface area contributed by atoms with Crippen molar-refractivity contribution in [3.8, 4) is 5.75 Å². The van der Waals surface area contributed by atoms with Gasteiger partial charge in [-0.25, -0.2) is 0 Å². The number of hydrogen-bond donors (Lipinski definition) is 2. The van der Waals surface area contributed by atoms with Crippen LogP contribution in [0.3, 0.4) is 0 Å². The van der Waals surface area contributed by atoms with Crippen LogP contribution in [0.5, 0.6) is 5.75 Å². The molecule has 0 aliphatic carbocycles. The topological polar surface area (TPSA) is 69.6 Å². The second kappa shape index (κ2) is 5.38. The van der Waals surface area contributed by atoms with Crippen molar-refractivity contribution in [2.24, 2.45) is 5.92 Å². The molecule has 0 saturated carbocycles. The third-order valence-corrected chi connectivity index (χ3v) is 3.81. The minimum Gasteiger partial charge on any atom is -0.505 e. The summed E-state index contributed by atoms with van der Waals surface area (Å²) in [6.45, 7) is 2.28. The number of phenolic OH excluding ortho intramolecular Hbond substituents is 1. The second-order valence-electron chi connectivity index (χ2n) is 4.39. The van der Waals surface area contributed by atoms with Gasteiger partial charge < -0.3 is 15.3 Å². The Hall–Kier alpha value is -1.27. The lowest BCUT2D eigenvalue weighted by Crippen LogP contribution is -2.53. The number of amides is 2. The summed E-state index contributed by atoms with van der Waals surface area (Å²) in [6.07, 6.45) is 0. The van der Waals surface area contributed by atoms with Gasteiger partial charge in [0.05, 0.1) is 16.1 Å². The molecule has 2 rings (SSSR count). The summed E-state index contributed by atoms with van der Waals surface area (Å²) in [7, 11) is 0. The van der Waals surface area contributed by atoms with Gasteiger partial charge in [0.25, 0.3) is 0 Å². The number of halogens is 2. The van der Waals surface area contributed by atoms with E-state index in [1.165, 1.54) is 19.1 Å². The third-order valence-electron chi connectivity index (χ3n) is 2.98. The largest absolute Gasteiger partial charge is 0.505 e. The van der Waals surface area contributed by atoms with Crippen LogP contribution in [0.1, 0.15) is 6.92 Å². The van der Waals surface area contributed by atoms with Crippen LogP contribution in [0.4, 0.5) is 5.69 Å². The van der Waals surface area contributed by atoms with Crippen LogP contribution in [0.15, 0.2) is 16.6 Å². The average Bonchev–Trinajstić information content (AvgIpc) is 2.22. The molecule has 0 spiro atoms. The van der Waals surface area contributed by atoms with Gasteiger partial charge in [-0.1, -0.05) is 11.6 Å². The molecule has 2 N–H and O–H groups in total. The van der Waals surface area contributed by atoms with E-state index in [0.29, 0.717) is 22.6 Å². The van der Waals surface area contributed by atoms with Gasteiger partial charge >= 0.3 is 0 Å². The number of aromatic hydroxyl groups is 1. The Morgan fingerprint density at radius 3 is 2.68 bits per heavy atom. The first-order chi connectivity index (χ1) is 8.88. The van der Waals surface area contributed by atoms with E-state index in [0.717, 1.165) is 0 Å². The minimum absolute atomic E-state index is 0.0441. The number of hydrogen-bond acceptors (Lipinski definition) is 3. The molecule has 1 saturated heterocycles. The van der Waals surface area contributed by atoms with Gasteiger partial charge in [0.2, 0.25) is 11.8 Å². The highest BCUT2D eigenvalue weighted by Crippen LogP contribution is 2.35. The standard InChI is InChI=1S/C12H12BrClN2O3/c1-6(17)16-4-7(5-16)12(19)15-10-3-8(14)2-9(13)11(10)18/h2-3,7,18H,4-5H2,1H3,(H,15,19). The van der Waals surface area contributed by atoms with E-state index in [2.05, 4.69) is 21.2 Å². The molecule has 102 valence electrons. The molecule has 7 heteroatoms. The summed E-state index contributed by atoms with van der Waals surface area (Å²) in [4.78, 5) is 24.5. The Kier molecular flexibility index (Phi) is 4.01. The van der Waals surface area contributed by atoms with E-state index in [4.69, 9.17) is 11.6 Å². The zero-order valence-corrected chi connectivity index (χ0v) is 12.5. The maximum Gasteiger partial charge on any atom is 0.231 e. The molecular formula is C12H12BrClN2O3. The highest BCUT2D eigenvalue weighted by atomic mass is 79.9. The second-order valence-corrected chi connectivity index (χ2v) is 5.68. The minimum atomic E-state index is -0.249. The molecule has 1 aromatic rings. The Labute approximate surface area is 123 Å². The number of nitrogens with zero attached hydrogens (tertiary/aromatic N) is 1. The third kappa shape index (κ3) is 3.01. The Bertz CT molecular complexity index is 544. The van der Waals surface area contributed by atoms with Crippen molar-refractivity contribution in [2.45, 2.75) is 6.92 Å². The van der Waals surface area contributed by atoms with Crippen molar-refractivity contribution < 1.29 is 14.7 Å². The average molecular weight is 348 g/mol. The fourth-order valence-corrected chi connectivity index (χ4v) is 2.61. The van der Waals surface area contributed by atoms with E-state index in [1.807, 2.05) is 0 Å². The van der Waals surface area contributed by atoms with E-state index in [9.17, 15) is 14.7 Å². The smallest absolute Gasteiger partial charge is 0.231 e. The molecule has 1 aliphatic rings. The van der Waals surface area contributed by atoms with E-state index < -0.39 is 0 Å². The summed E-state index contributed by atoms with van der Waals surface area (Å²) in [5, 5.41) is 12.8. The maximum atomic E-state index is 11.9. The Balaban J connectivity index is 2.03.